The highest BCUT2D eigenvalue weighted by Crippen LogP contribution is 2.32. The van der Waals surface area contributed by atoms with Crippen LogP contribution in [0.3, 0.4) is 0 Å². The fraction of sp³-hybridized carbons (Fsp3) is 0.208. The van der Waals surface area contributed by atoms with E-state index in [0.717, 1.165) is 18.2 Å². The van der Waals surface area contributed by atoms with Crippen LogP contribution >= 0.6 is 31.9 Å². The summed E-state index contributed by atoms with van der Waals surface area (Å²) in [6, 6.07) is 13.0. The van der Waals surface area contributed by atoms with Crippen LogP contribution in [0.25, 0.3) is 28.1 Å². The lowest BCUT2D eigenvalue weighted by molar-refractivity contribution is 0.435. The molecule has 0 unspecified atom stereocenters. The molecule has 3 aromatic heterocycles. The molecule has 0 spiro atoms. The zero-order valence-electron chi connectivity index (χ0n) is 18.5. The molecule has 1 N–H and O–H groups in total. The molecule has 0 bridgehead atoms. The summed E-state index contributed by atoms with van der Waals surface area (Å²) < 4.78 is 14.0. The highest BCUT2D eigenvalue weighted by Gasteiger charge is 2.25. The van der Waals surface area contributed by atoms with Crippen molar-refractivity contribution in [1.29, 1.82) is 0 Å². The molecule has 0 aliphatic carbocycles. The Bertz CT molecular complexity index is 1570. The molecule has 0 radical (unpaired) electrons. The number of rotatable bonds is 7. The van der Waals surface area contributed by atoms with E-state index in [9.17, 15) is 9.90 Å². The monoisotopic (exact) mass is 599 g/mol. The fourth-order valence-electron chi connectivity index (χ4n) is 3.81. The van der Waals surface area contributed by atoms with Crippen molar-refractivity contribution < 1.29 is 14.0 Å². The summed E-state index contributed by atoms with van der Waals surface area (Å²) in [5.74, 6) is 0.0745. The number of hydrogen-bond acceptors (Lipinski definition) is 8. The molecule has 11 heteroatoms. The molecule has 0 saturated carbocycles. The van der Waals surface area contributed by atoms with Crippen molar-refractivity contribution in [3.8, 4) is 23.0 Å². The minimum absolute atomic E-state index is 0.123. The average molecular weight is 601 g/mol. The fourth-order valence-corrected chi connectivity index (χ4v) is 5.16. The molecule has 5 rings (SSSR count). The first-order valence-electron chi connectivity index (χ1n) is 10.9. The van der Waals surface area contributed by atoms with E-state index in [4.69, 9.17) is 8.94 Å². The molecule has 0 fully saturated rings. The van der Waals surface area contributed by atoms with Gasteiger partial charge in [0.25, 0.3) is 11.4 Å². The summed E-state index contributed by atoms with van der Waals surface area (Å²) in [5.41, 5.74) is 1.16. The van der Waals surface area contributed by atoms with E-state index in [0.29, 0.717) is 38.2 Å². The van der Waals surface area contributed by atoms with Gasteiger partial charge in [-0.25, -0.2) is 0 Å². The van der Waals surface area contributed by atoms with Crippen molar-refractivity contribution in [2.24, 2.45) is 0 Å². The van der Waals surface area contributed by atoms with Gasteiger partial charge in [0, 0.05) is 20.8 Å². The molecule has 0 aliphatic rings. The standard InChI is InChI=1S/C24H19Br2N5O4/c1-2-3-11-18-27-22(32)20(24(33)31(18)21-14(25)8-6-9-15(21)26)23-29-28-19(34-23)12-16-13-7-4-5-10-17(13)35-30-16/h4-10,32H,2-3,11-12H2,1H3. The zero-order valence-corrected chi connectivity index (χ0v) is 21.7. The number of unbranched alkanes of at least 4 members (excludes halogenated alkanes) is 1. The first-order chi connectivity index (χ1) is 17.0. The van der Waals surface area contributed by atoms with Gasteiger partial charge in [-0.1, -0.05) is 36.7 Å². The van der Waals surface area contributed by atoms with Crippen LogP contribution in [-0.2, 0) is 12.8 Å². The van der Waals surface area contributed by atoms with E-state index in [-0.39, 0.29) is 23.8 Å². The maximum Gasteiger partial charge on any atom is 0.274 e. The third-order valence-electron chi connectivity index (χ3n) is 5.50. The van der Waals surface area contributed by atoms with Crippen molar-refractivity contribution in [2.45, 2.75) is 32.6 Å². The Labute approximate surface area is 216 Å². The van der Waals surface area contributed by atoms with Gasteiger partial charge in [0.15, 0.2) is 11.1 Å². The molecule has 0 amide bonds. The van der Waals surface area contributed by atoms with Gasteiger partial charge in [0.2, 0.25) is 11.8 Å². The van der Waals surface area contributed by atoms with Gasteiger partial charge >= 0.3 is 0 Å². The Balaban J connectivity index is 1.60. The molecule has 0 aliphatic heterocycles. The highest BCUT2D eigenvalue weighted by molar-refractivity contribution is 9.11. The number of halogens is 2. The SMILES string of the molecule is CCCCc1nc(O)c(-c2nnc(Cc3noc4ccccc34)o2)c(=O)n1-c1c(Br)cccc1Br. The second-order valence-electron chi connectivity index (χ2n) is 7.84. The minimum atomic E-state index is -0.515. The van der Waals surface area contributed by atoms with E-state index in [1.165, 1.54) is 4.57 Å². The second-order valence-corrected chi connectivity index (χ2v) is 9.55. The summed E-state index contributed by atoms with van der Waals surface area (Å²) in [5, 5.41) is 23.7. The molecule has 0 saturated heterocycles. The van der Waals surface area contributed by atoms with E-state index >= 15 is 0 Å². The first-order valence-corrected chi connectivity index (χ1v) is 12.5. The average Bonchev–Trinajstić information content (AvgIpc) is 3.46. The highest BCUT2D eigenvalue weighted by atomic mass is 79.9. The topological polar surface area (TPSA) is 120 Å². The smallest absolute Gasteiger partial charge is 0.274 e. The Kier molecular flexibility index (Phi) is 6.52. The van der Waals surface area contributed by atoms with Crippen molar-refractivity contribution in [3.63, 3.8) is 0 Å². The number of fused-ring (bicyclic) bond motifs is 1. The van der Waals surface area contributed by atoms with E-state index in [1.807, 2.05) is 49.4 Å². The summed E-state index contributed by atoms with van der Waals surface area (Å²) >= 11 is 7.06. The van der Waals surface area contributed by atoms with Crippen LogP contribution in [0.5, 0.6) is 5.88 Å². The van der Waals surface area contributed by atoms with E-state index in [2.05, 4.69) is 52.2 Å². The van der Waals surface area contributed by atoms with Crippen LogP contribution in [0.2, 0.25) is 0 Å². The summed E-state index contributed by atoms with van der Waals surface area (Å²) in [6.07, 6.45) is 2.40. The van der Waals surface area contributed by atoms with E-state index < -0.39 is 11.4 Å². The van der Waals surface area contributed by atoms with Crippen LogP contribution in [0.4, 0.5) is 0 Å². The van der Waals surface area contributed by atoms with Crippen LogP contribution in [0.15, 0.2) is 65.1 Å². The minimum Gasteiger partial charge on any atom is -0.493 e. The van der Waals surface area contributed by atoms with Gasteiger partial charge in [-0.05, 0) is 62.5 Å². The van der Waals surface area contributed by atoms with Crippen LogP contribution in [-0.4, -0.2) is 30.0 Å². The maximum atomic E-state index is 13.7. The normalized spacial score (nSPS) is 11.4. The molecular formula is C24H19Br2N5O4. The maximum absolute atomic E-state index is 13.7. The van der Waals surface area contributed by atoms with Gasteiger partial charge in [-0.2, -0.15) is 4.98 Å². The number of nitrogens with zero attached hydrogens (tertiary/aromatic N) is 5. The lowest BCUT2D eigenvalue weighted by Crippen LogP contribution is -2.26. The van der Waals surface area contributed by atoms with Crippen molar-refractivity contribution >= 4 is 42.8 Å². The van der Waals surface area contributed by atoms with Crippen molar-refractivity contribution in [3.05, 3.63) is 79.2 Å². The van der Waals surface area contributed by atoms with Crippen LogP contribution in [0.1, 0.15) is 37.2 Å². The molecular weight excluding hydrogens is 582 g/mol. The Morgan fingerprint density at radius 3 is 2.60 bits per heavy atom. The lowest BCUT2D eigenvalue weighted by atomic mass is 10.2. The Morgan fingerprint density at radius 2 is 1.83 bits per heavy atom. The third kappa shape index (κ3) is 4.41. The van der Waals surface area contributed by atoms with Gasteiger partial charge in [0.1, 0.15) is 11.5 Å². The number of aryl methyl sites for hydroxylation is 1. The lowest BCUT2D eigenvalue weighted by Gasteiger charge is -2.16. The molecule has 35 heavy (non-hydrogen) atoms. The predicted molar refractivity (Wildman–Crippen MR) is 136 cm³/mol. The van der Waals surface area contributed by atoms with E-state index in [1.54, 1.807) is 0 Å². The van der Waals surface area contributed by atoms with Crippen LogP contribution in [0, 0.1) is 0 Å². The van der Waals surface area contributed by atoms with Crippen LogP contribution < -0.4 is 5.56 Å². The molecule has 2 aromatic carbocycles. The molecule has 0 atom stereocenters. The van der Waals surface area contributed by atoms with Gasteiger partial charge < -0.3 is 14.0 Å². The predicted octanol–water partition coefficient (Wildman–Crippen LogP) is 5.59. The van der Waals surface area contributed by atoms with Gasteiger partial charge in [-0.3, -0.25) is 9.36 Å². The van der Waals surface area contributed by atoms with Crippen molar-refractivity contribution in [1.82, 2.24) is 24.9 Å². The summed E-state index contributed by atoms with van der Waals surface area (Å²) in [7, 11) is 0. The number of benzene rings is 2. The number of hydrogen-bond donors (Lipinski definition) is 1. The Hall–Kier alpha value is -3.31. The third-order valence-corrected chi connectivity index (χ3v) is 6.78. The first kappa shape index (κ1) is 23.4. The quantitative estimate of drug-likeness (QED) is 0.257. The number of para-hydroxylation sites is 2. The zero-order chi connectivity index (χ0) is 24.5. The van der Waals surface area contributed by atoms with Gasteiger partial charge in [-0.15, -0.1) is 10.2 Å². The molecule has 5 aromatic rings. The molecule has 3 heterocycles. The number of aromatic hydroxyl groups is 1. The van der Waals surface area contributed by atoms with Crippen molar-refractivity contribution in [2.75, 3.05) is 0 Å². The number of aromatic nitrogens is 5. The Morgan fingerprint density at radius 1 is 1.06 bits per heavy atom. The molecule has 178 valence electrons. The second kappa shape index (κ2) is 9.74. The summed E-state index contributed by atoms with van der Waals surface area (Å²) in [6.45, 7) is 2.04. The molecule has 9 nitrogen and oxygen atoms in total. The largest absolute Gasteiger partial charge is 0.493 e. The van der Waals surface area contributed by atoms with Gasteiger partial charge in [0.05, 0.1) is 12.1 Å². The summed E-state index contributed by atoms with van der Waals surface area (Å²) in [4.78, 5) is 18.1.